The maximum atomic E-state index is 13.5. The summed E-state index contributed by atoms with van der Waals surface area (Å²) in [5.41, 5.74) is -1.49. The third kappa shape index (κ3) is 3.08. The number of tetrazole rings is 1. The van der Waals surface area contributed by atoms with E-state index in [1.165, 1.54) is 9.58 Å². The van der Waals surface area contributed by atoms with Gasteiger partial charge in [-0.25, -0.2) is 4.68 Å². The van der Waals surface area contributed by atoms with Crippen LogP contribution < -0.4 is 4.90 Å². The van der Waals surface area contributed by atoms with Gasteiger partial charge in [0, 0.05) is 26.9 Å². The molecule has 2 unspecified atom stereocenters. The van der Waals surface area contributed by atoms with Gasteiger partial charge in [-0.15, -0.1) is 0 Å². The number of hydrogen-bond acceptors (Lipinski definition) is 6. The van der Waals surface area contributed by atoms with Gasteiger partial charge >= 0.3 is 6.18 Å². The predicted molar refractivity (Wildman–Crippen MR) is 82.1 cm³/mol. The molecule has 25 heavy (non-hydrogen) atoms. The molecule has 1 fully saturated rings. The van der Waals surface area contributed by atoms with Gasteiger partial charge in [-0.3, -0.25) is 4.68 Å². The summed E-state index contributed by atoms with van der Waals surface area (Å²) in [6, 6.07) is 1.51. The van der Waals surface area contributed by atoms with Crippen LogP contribution >= 0.6 is 0 Å². The fourth-order valence-electron chi connectivity index (χ4n) is 3.14. The molecule has 2 atom stereocenters. The standard InChI is InChI=1S/C14H20F3N7O/c1-10(11-5-8-22(2)19-11)24-12(18-20-21-24)23-7-4-6-13(9-23,25-3)14(15,16)17/h5,8,10H,4,6-7,9H2,1-3H3. The van der Waals surface area contributed by atoms with Crippen molar-refractivity contribution in [1.29, 1.82) is 0 Å². The average molecular weight is 359 g/mol. The molecule has 3 heterocycles. The van der Waals surface area contributed by atoms with E-state index in [0.29, 0.717) is 13.0 Å². The van der Waals surface area contributed by atoms with Crippen LogP contribution in [0.3, 0.4) is 0 Å². The van der Waals surface area contributed by atoms with Crippen LogP contribution in [0.2, 0.25) is 0 Å². The van der Waals surface area contributed by atoms with Crippen molar-refractivity contribution in [2.75, 3.05) is 25.1 Å². The van der Waals surface area contributed by atoms with Crippen LogP contribution in [-0.2, 0) is 11.8 Å². The summed E-state index contributed by atoms with van der Waals surface area (Å²) in [6.45, 7) is 1.93. The molecule has 1 aliphatic rings. The highest BCUT2D eigenvalue weighted by Gasteiger charge is 2.57. The lowest BCUT2D eigenvalue weighted by molar-refractivity contribution is -0.271. The molecule has 3 rings (SSSR count). The van der Waals surface area contributed by atoms with Gasteiger partial charge in [0.1, 0.15) is 0 Å². The van der Waals surface area contributed by atoms with Gasteiger partial charge in [0.05, 0.1) is 18.3 Å². The van der Waals surface area contributed by atoms with Crippen molar-refractivity contribution >= 4 is 5.95 Å². The van der Waals surface area contributed by atoms with E-state index < -0.39 is 11.8 Å². The van der Waals surface area contributed by atoms with Crippen LogP contribution in [-0.4, -0.2) is 62.0 Å². The molecule has 1 saturated heterocycles. The number of alkyl halides is 3. The Morgan fingerprint density at radius 2 is 2.12 bits per heavy atom. The van der Waals surface area contributed by atoms with Crippen molar-refractivity contribution in [3.63, 3.8) is 0 Å². The molecule has 0 radical (unpaired) electrons. The fraction of sp³-hybridized carbons (Fsp3) is 0.714. The molecular formula is C14H20F3N7O. The van der Waals surface area contributed by atoms with Gasteiger partial charge < -0.3 is 9.64 Å². The first-order chi connectivity index (χ1) is 11.8. The number of ether oxygens (including phenoxy) is 1. The van der Waals surface area contributed by atoms with Crippen molar-refractivity contribution in [3.05, 3.63) is 18.0 Å². The molecule has 0 aliphatic carbocycles. The Hall–Kier alpha value is -2.17. The minimum absolute atomic E-state index is 0.0825. The number of halogens is 3. The molecule has 0 aromatic carbocycles. The molecule has 11 heteroatoms. The Kier molecular flexibility index (Phi) is 4.43. The van der Waals surface area contributed by atoms with Crippen LogP contribution in [0.4, 0.5) is 19.1 Å². The van der Waals surface area contributed by atoms with Crippen molar-refractivity contribution in [3.8, 4) is 0 Å². The van der Waals surface area contributed by atoms with E-state index in [1.807, 2.05) is 13.0 Å². The molecule has 0 spiro atoms. The molecule has 0 amide bonds. The summed E-state index contributed by atoms with van der Waals surface area (Å²) >= 11 is 0. The van der Waals surface area contributed by atoms with Gasteiger partial charge in [-0.05, 0) is 36.3 Å². The smallest absolute Gasteiger partial charge is 0.367 e. The summed E-state index contributed by atoms with van der Waals surface area (Å²) < 4.78 is 48.6. The SMILES string of the molecule is COC1(C(F)(F)F)CCCN(c2nnnn2C(C)c2ccn(C)n2)C1. The molecule has 0 bridgehead atoms. The van der Waals surface area contributed by atoms with Crippen LogP contribution in [0.1, 0.15) is 31.5 Å². The number of rotatable bonds is 4. The number of aromatic nitrogens is 6. The first kappa shape index (κ1) is 17.6. The fourth-order valence-corrected chi connectivity index (χ4v) is 3.14. The van der Waals surface area contributed by atoms with Crippen LogP contribution in [0, 0.1) is 0 Å². The Morgan fingerprint density at radius 1 is 1.36 bits per heavy atom. The predicted octanol–water partition coefficient (Wildman–Crippen LogP) is 1.56. The average Bonchev–Trinajstić information content (AvgIpc) is 3.22. The van der Waals surface area contributed by atoms with Gasteiger partial charge in [0.25, 0.3) is 0 Å². The maximum absolute atomic E-state index is 13.5. The zero-order valence-corrected chi connectivity index (χ0v) is 14.2. The largest absolute Gasteiger partial charge is 0.419 e. The minimum atomic E-state index is -4.47. The second kappa shape index (κ2) is 6.28. The Morgan fingerprint density at radius 3 is 2.72 bits per heavy atom. The molecule has 0 N–H and O–H groups in total. The molecule has 1 aliphatic heterocycles. The van der Waals surface area contributed by atoms with E-state index in [4.69, 9.17) is 4.74 Å². The second-order valence-electron chi connectivity index (χ2n) is 6.23. The molecule has 2 aromatic rings. The lowest BCUT2D eigenvalue weighted by Crippen LogP contribution is -2.58. The zero-order chi connectivity index (χ0) is 18.2. The van der Waals surface area contributed by atoms with Crippen molar-refractivity contribution in [2.45, 2.75) is 37.6 Å². The van der Waals surface area contributed by atoms with E-state index in [1.54, 1.807) is 17.9 Å². The zero-order valence-electron chi connectivity index (χ0n) is 14.2. The van der Waals surface area contributed by atoms with Crippen LogP contribution in [0.5, 0.6) is 0 Å². The molecular weight excluding hydrogens is 339 g/mol. The van der Waals surface area contributed by atoms with E-state index in [2.05, 4.69) is 20.6 Å². The van der Waals surface area contributed by atoms with Crippen molar-refractivity contribution in [1.82, 2.24) is 30.0 Å². The number of aryl methyl sites for hydroxylation is 1. The number of hydrogen-bond donors (Lipinski definition) is 0. The quantitative estimate of drug-likeness (QED) is 0.825. The van der Waals surface area contributed by atoms with Crippen molar-refractivity contribution < 1.29 is 17.9 Å². The summed E-state index contributed by atoms with van der Waals surface area (Å²) in [5, 5.41) is 15.9. The summed E-state index contributed by atoms with van der Waals surface area (Å²) in [5.74, 6) is 0.281. The first-order valence-electron chi connectivity index (χ1n) is 7.91. The van der Waals surface area contributed by atoms with E-state index in [-0.39, 0.29) is 25.0 Å². The van der Waals surface area contributed by atoms with Crippen molar-refractivity contribution in [2.24, 2.45) is 7.05 Å². The van der Waals surface area contributed by atoms with E-state index in [9.17, 15) is 13.2 Å². The summed E-state index contributed by atoms with van der Waals surface area (Å²) in [6.07, 6.45) is -2.43. The van der Waals surface area contributed by atoms with E-state index >= 15 is 0 Å². The second-order valence-corrected chi connectivity index (χ2v) is 6.23. The number of anilines is 1. The number of nitrogens with zero attached hydrogens (tertiary/aromatic N) is 7. The Labute approximate surface area is 142 Å². The number of methoxy groups -OCH3 is 1. The Balaban J connectivity index is 1.89. The molecule has 8 nitrogen and oxygen atoms in total. The van der Waals surface area contributed by atoms with E-state index in [0.717, 1.165) is 12.8 Å². The molecule has 0 saturated carbocycles. The highest BCUT2D eigenvalue weighted by molar-refractivity contribution is 5.32. The number of piperidine rings is 1. The molecule has 2 aromatic heterocycles. The molecule has 138 valence electrons. The van der Waals surface area contributed by atoms with Gasteiger partial charge in [0.2, 0.25) is 5.95 Å². The monoisotopic (exact) mass is 359 g/mol. The lowest BCUT2D eigenvalue weighted by Gasteiger charge is -2.42. The topological polar surface area (TPSA) is 73.9 Å². The normalized spacial score (nSPS) is 23.0. The first-order valence-corrected chi connectivity index (χ1v) is 7.91. The third-order valence-electron chi connectivity index (χ3n) is 4.65. The minimum Gasteiger partial charge on any atom is -0.367 e. The van der Waals surface area contributed by atoms with Crippen LogP contribution in [0.25, 0.3) is 0 Å². The van der Waals surface area contributed by atoms with Gasteiger partial charge in [0.15, 0.2) is 5.60 Å². The summed E-state index contributed by atoms with van der Waals surface area (Å²) in [7, 11) is 2.88. The third-order valence-corrected chi connectivity index (χ3v) is 4.65. The highest BCUT2D eigenvalue weighted by atomic mass is 19.4. The lowest BCUT2D eigenvalue weighted by atomic mass is 9.92. The van der Waals surface area contributed by atoms with Gasteiger partial charge in [-0.2, -0.15) is 18.3 Å². The maximum Gasteiger partial charge on any atom is 0.419 e. The van der Waals surface area contributed by atoms with Gasteiger partial charge in [-0.1, -0.05) is 5.10 Å². The Bertz CT molecular complexity index is 728. The highest BCUT2D eigenvalue weighted by Crippen LogP contribution is 2.41. The summed E-state index contributed by atoms with van der Waals surface area (Å²) in [4.78, 5) is 1.53. The van der Waals surface area contributed by atoms with Crippen LogP contribution in [0.15, 0.2) is 12.3 Å².